The molecule has 37 heavy (non-hydrogen) atoms. The minimum atomic E-state index is -4.64. The first-order chi connectivity index (χ1) is 17.7. The van der Waals surface area contributed by atoms with Crippen molar-refractivity contribution in [2.45, 2.75) is 20.3 Å². The predicted molar refractivity (Wildman–Crippen MR) is 150 cm³/mol. The normalized spacial score (nSPS) is 11.1. The van der Waals surface area contributed by atoms with Crippen LogP contribution in [0.5, 0.6) is 0 Å². The van der Waals surface area contributed by atoms with Crippen molar-refractivity contribution in [1.82, 2.24) is 0 Å². The Morgan fingerprint density at radius 1 is 0.703 bits per heavy atom. The van der Waals surface area contributed by atoms with Crippen LogP contribution in [0.3, 0.4) is 0 Å². The van der Waals surface area contributed by atoms with Crippen LogP contribution in [-0.4, -0.2) is 21.0 Å². The van der Waals surface area contributed by atoms with Gasteiger partial charge in [-0.2, -0.15) is 0 Å². The third kappa shape index (κ3) is 8.38. The maximum absolute atomic E-state index is 10.8. The van der Waals surface area contributed by atoms with E-state index in [-0.39, 0.29) is 0 Å². The van der Waals surface area contributed by atoms with Gasteiger partial charge in [0.1, 0.15) is 6.29 Å². The summed E-state index contributed by atoms with van der Waals surface area (Å²) in [7, 11) is -4.64. The zero-order valence-corrected chi connectivity index (χ0v) is 21.6. The van der Waals surface area contributed by atoms with Gasteiger partial charge in [-0.3, -0.25) is 4.79 Å². The van der Waals surface area contributed by atoms with Crippen molar-refractivity contribution in [3.05, 3.63) is 125 Å². The van der Waals surface area contributed by atoms with E-state index in [4.69, 9.17) is 19.2 Å². The molecular weight excluding hydrogens is 485 g/mol. The number of benzene rings is 4. The Bertz CT molecular complexity index is 1370. The average Bonchev–Trinajstić information content (AvgIpc) is 2.89. The van der Waals surface area contributed by atoms with Crippen LogP contribution in [0.2, 0.25) is 0 Å². The van der Waals surface area contributed by atoms with Gasteiger partial charge in [0, 0.05) is 16.9 Å². The van der Waals surface area contributed by atoms with E-state index in [1.807, 2.05) is 24.3 Å². The van der Waals surface area contributed by atoms with Gasteiger partial charge in [0.05, 0.1) is 5.69 Å². The molecule has 0 atom stereocenters. The van der Waals surface area contributed by atoms with E-state index >= 15 is 0 Å². The van der Waals surface area contributed by atoms with Crippen LogP contribution >= 0.6 is 7.82 Å². The van der Waals surface area contributed by atoms with Crippen LogP contribution in [0.4, 0.5) is 17.1 Å². The predicted octanol–water partition coefficient (Wildman–Crippen LogP) is 7.08. The molecule has 0 unspecified atom stereocenters. The Kier molecular flexibility index (Phi) is 9.72. The minimum Gasteiger partial charge on any atom is -0.310 e. The standard InChI is InChI=1S/C30H27NO.H3O4P/c1-3-27-9-7-8-23(2)30(27)31(28-10-5-4-6-11-28)29-20-18-25(19-21-29)13-12-24-14-16-26(22-32)17-15-24;1-5(2,3)4/h4-22H,3H2,1-2H3;(H3,1,2,3,4). The van der Waals surface area contributed by atoms with Crippen LogP contribution in [0.25, 0.3) is 12.2 Å². The van der Waals surface area contributed by atoms with Gasteiger partial charge < -0.3 is 19.6 Å². The number of carbonyl (C=O) groups is 1. The minimum absolute atomic E-state index is 0.690. The second-order valence-electron chi connectivity index (χ2n) is 8.33. The van der Waals surface area contributed by atoms with E-state index < -0.39 is 7.82 Å². The number of hydrogen-bond donors (Lipinski definition) is 3. The molecule has 0 aliphatic carbocycles. The highest BCUT2D eigenvalue weighted by Gasteiger charge is 2.17. The lowest BCUT2D eigenvalue weighted by Gasteiger charge is -2.29. The highest BCUT2D eigenvalue weighted by molar-refractivity contribution is 7.45. The second-order valence-corrected chi connectivity index (χ2v) is 9.36. The smallest absolute Gasteiger partial charge is 0.310 e. The summed E-state index contributed by atoms with van der Waals surface area (Å²) in [6.45, 7) is 4.38. The fourth-order valence-corrected chi connectivity index (χ4v) is 3.92. The molecule has 0 aliphatic rings. The molecule has 3 N–H and O–H groups in total. The molecule has 0 saturated carbocycles. The Balaban J connectivity index is 0.000000695. The zero-order chi connectivity index (χ0) is 26.8. The molecule has 0 saturated heterocycles. The molecule has 0 heterocycles. The Labute approximate surface area is 217 Å². The van der Waals surface area contributed by atoms with Gasteiger partial charge in [-0.1, -0.05) is 91.9 Å². The van der Waals surface area contributed by atoms with Crippen LogP contribution in [0, 0.1) is 6.92 Å². The summed E-state index contributed by atoms with van der Waals surface area (Å²) in [5, 5.41) is 0. The molecule has 0 aromatic heterocycles. The monoisotopic (exact) mass is 515 g/mol. The fraction of sp³-hybridized carbons (Fsp3) is 0.100. The Hall–Kier alpha value is -3.80. The molecular formula is C30H30NO5P. The fourth-order valence-electron chi connectivity index (χ4n) is 3.92. The van der Waals surface area contributed by atoms with Gasteiger partial charge in [-0.15, -0.1) is 0 Å². The number of nitrogens with zero attached hydrogens (tertiary/aromatic N) is 1. The third-order valence-corrected chi connectivity index (χ3v) is 5.63. The van der Waals surface area contributed by atoms with Gasteiger partial charge in [0.2, 0.25) is 0 Å². The lowest BCUT2D eigenvalue weighted by Crippen LogP contribution is -2.13. The Morgan fingerprint density at radius 2 is 1.19 bits per heavy atom. The van der Waals surface area contributed by atoms with E-state index in [2.05, 4.69) is 104 Å². The number of rotatable bonds is 7. The van der Waals surface area contributed by atoms with Gasteiger partial charge in [0.25, 0.3) is 0 Å². The summed E-state index contributed by atoms with van der Waals surface area (Å²) in [4.78, 5) is 34.7. The summed E-state index contributed by atoms with van der Waals surface area (Å²) >= 11 is 0. The van der Waals surface area contributed by atoms with E-state index in [1.54, 1.807) is 0 Å². The van der Waals surface area contributed by atoms with Crippen LogP contribution in [0.15, 0.2) is 97.1 Å². The van der Waals surface area contributed by atoms with E-state index in [1.165, 1.54) is 16.8 Å². The molecule has 4 aromatic carbocycles. The maximum Gasteiger partial charge on any atom is 0.466 e. The number of phosphoric acid groups is 1. The van der Waals surface area contributed by atoms with E-state index in [0.29, 0.717) is 5.56 Å². The molecule has 190 valence electrons. The first kappa shape index (κ1) is 27.8. The van der Waals surface area contributed by atoms with Crippen molar-refractivity contribution in [2.24, 2.45) is 0 Å². The summed E-state index contributed by atoms with van der Waals surface area (Å²) in [5.41, 5.74) is 9.00. The van der Waals surface area contributed by atoms with Gasteiger partial charge in [-0.05, 0) is 59.9 Å². The largest absolute Gasteiger partial charge is 0.466 e. The van der Waals surface area contributed by atoms with Crippen LogP contribution in [-0.2, 0) is 11.0 Å². The third-order valence-electron chi connectivity index (χ3n) is 5.63. The summed E-state index contributed by atoms with van der Waals surface area (Å²) in [6.07, 6.45) is 6.00. The summed E-state index contributed by atoms with van der Waals surface area (Å²) in [6, 6.07) is 33.3. The summed E-state index contributed by atoms with van der Waals surface area (Å²) < 4.78 is 8.88. The zero-order valence-electron chi connectivity index (χ0n) is 20.7. The molecule has 0 spiro atoms. The van der Waals surface area contributed by atoms with Crippen LogP contribution < -0.4 is 4.90 Å². The molecule has 0 aliphatic heterocycles. The average molecular weight is 516 g/mol. The van der Waals surface area contributed by atoms with Gasteiger partial charge >= 0.3 is 7.82 Å². The van der Waals surface area contributed by atoms with Gasteiger partial charge in [0.15, 0.2) is 0 Å². The highest BCUT2D eigenvalue weighted by Crippen LogP contribution is 2.39. The summed E-state index contributed by atoms with van der Waals surface area (Å²) in [5.74, 6) is 0. The van der Waals surface area contributed by atoms with Crippen molar-refractivity contribution in [3.63, 3.8) is 0 Å². The topological polar surface area (TPSA) is 98.1 Å². The lowest BCUT2D eigenvalue weighted by atomic mass is 10.0. The van der Waals surface area contributed by atoms with Crippen molar-refractivity contribution >= 4 is 43.3 Å². The Morgan fingerprint density at radius 3 is 1.70 bits per heavy atom. The molecule has 0 bridgehead atoms. The molecule has 0 amide bonds. The highest BCUT2D eigenvalue weighted by atomic mass is 31.2. The number of anilines is 3. The second kappa shape index (κ2) is 12.9. The molecule has 4 aromatic rings. The SMILES string of the molecule is CCc1cccc(C)c1N(c1ccccc1)c1ccc(C=Cc2ccc(C=O)cc2)cc1.O=P(O)(O)O. The maximum atomic E-state index is 10.8. The van der Waals surface area contributed by atoms with Crippen molar-refractivity contribution < 1.29 is 24.0 Å². The number of aldehydes is 1. The first-order valence-electron chi connectivity index (χ1n) is 11.7. The van der Waals surface area contributed by atoms with Gasteiger partial charge in [-0.25, -0.2) is 4.57 Å². The number of para-hydroxylation sites is 2. The molecule has 0 radical (unpaired) electrons. The van der Waals surface area contributed by atoms with Crippen molar-refractivity contribution in [3.8, 4) is 0 Å². The lowest BCUT2D eigenvalue weighted by molar-refractivity contribution is 0.112. The van der Waals surface area contributed by atoms with Crippen LogP contribution in [0.1, 0.15) is 39.5 Å². The van der Waals surface area contributed by atoms with Crippen molar-refractivity contribution in [2.75, 3.05) is 4.90 Å². The molecule has 6 nitrogen and oxygen atoms in total. The molecule has 7 heteroatoms. The van der Waals surface area contributed by atoms with E-state index in [0.717, 1.165) is 35.2 Å². The van der Waals surface area contributed by atoms with E-state index in [9.17, 15) is 4.79 Å². The number of carbonyl (C=O) groups excluding carboxylic acids is 1. The van der Waals surface area contributed by atoms with Crippen molar-refractivity contribution in [1.29, 1.82) is 0 Å². The molecule has 4 rings (SSSR count). The number of hydrogen-bond acceptors (Lipinski definition) is 3. The number of aryl methyl sites for hydroxylation is 2. The molecule has 0 fully saturated rings. The quantitative estimate of drug-likeness (QED) is 0.138. The first-order valence-corrected chi connectivity index (χ1v) is 13.3.